The van der Waals surface area contributed by atoms with Gasteiger partial charge in [0.25, 0.3) is 0 Å². The van der Waals surface area contributed by atoms with Gasteiger partial charge in [0, 0.05) is 32.4 Å². The van der Waals surface area contributed by atoms with Gasteiger partial charge in [-0.1, -0.05) is 18.2 Å². The van der Waals surface area contributed by atoms with Crippen LogP contribution in [0.5, 0.6) is 0 Å². The highest BCUT2D eigenvalue weighted by Crippen LogP contribution is 2.17. The molecule has 1 aliphatic rings. The van der Waals surface area contributed by atoms with Gasteiger partial charge < -0.3 is 24.5 Å². The first kappa shape index (κ1) is 21.6. The van der Waals surface area contributed by atoms with Gasteiger partial charge in [-0.2, -0.15) is 0 Å². The van der Waals surface area contributed by atoms with Gasteiger partial charge in [-0.05, 0) is 25.0 Å². The number of halogens is 1. The molecule has 1 aromatic carbocycles. The van der Waals surface area contributed by atoms with Crippen LogP contribution in [0.4, 0.5) is 0 Å². The second-order valence-electron chi connectivity index (χ2n) is 6.07. The molecule has 0 aliphatic carbocycles. The first-order valence-electron chi connectivity index (χ1n) is 8.99. The average Bonchev–Trinajstić information content (AvgIpc) is 3.36. The summed E-state index contributed by atoms with van der Waals surface area (Å²) in [6, 6.07) is 9.85. The van der Waals surface area contributed by atoms with Gasteiger partial charge in [0.15, 0.2) is 5.96 Å². The van der Waals surface area contributed by atoms with Crippen molar-refractivity contribution in [1.82, 2.24) is 15.6 Å². The van der Waals surface area contributed by atoms with Crippen molar-refractivity contribution in [2.75, 3.05) is 33.4 Å². The Kier molecular flexibility index (Phi) is 9.57. The van der Waals surface area contributed by atoms with E-state index in [1.54, 1.807) is 13.3 Å². The third-order valence-electron chi connectivity index (χ3n) is 4.09. The first-order chi connectivity index (χ1) is 12.8. The van der Waals surface area contributed by atoms with E-state index in [0.29, 0.717) is 12.4 Å². The Morgan fingerprint density at radius 2 is 2.15 bits per heavy atom. The minimum atomic E-state index is 0. The highest BCUT2D eigenvalue weighted by atomic mass is 127. The fourth-order valence-electron chi connectivity index (χ4n) is 2.67. The molecule has 8 heteroatoms. The lowest BCUT2D eigenvalue weighted by Gasteiger charge is -2.12. The molecule has 2 N–H and O–H groups in total. The average molecular weight is 486 g/mol. The molecule has 0 amide bonds. The van der Waals surface area contributed by atoms with Crippen molar-refractivity contribution in [2.24, 2.45) is 4.99 Å². The fourth-order valence-corrected chi connectivity index (χ4v) is 2.67. The summed E-state index contributed by atoms with van der Waals surface area (Å²) in [5, 5.41) is 6.51. The molecule has 2 heterocycles. The smallest absolute Gasteiger partial charge is 0.226 e. The summed E-state index contributed by atoms with van der Waals surface area (Å²) in [6.07, 6.45) is 3.84. The number of hydrogen-bond donors (Lipinski definition) is 2. The molecule has 3 rings (SSSR count). The van der Waals surface area contributed by atoms with E-state index in [-0.39, 0.29) is 30.1 Å². The predicted octanol–water partition coefficient (Wildman–Crippen LogP) is 2.82. The molecule has 1 atom stereocenters. The van der Waals surface area contributed by atoms with Gasteiger partial charge in [0.05, 0.1) is 24.9 Å². The number of aliphatic imine (C=N–C) groups is 1. The Labute approximate surface area is 177 Å². The van der Waals surface area contributed by atoms with E-state index in [9.17, 15) is 0 Å². The summed E-state index contributed by atoms with van der Waals surface area (Å²) in [4.78, 5) is 8.72. The fraction of sp³-hybridized carbons (Fsp3) is 0.474. The lowest BCUT2D eigenvalue weighted by atomic mass is 10.2. The van der Waals surface area contributed by atoms with Crippen LogP contribution in [0.15, 0.2) is 46.0 Å². The summed E-state index contributed by atoms with van der Waals surface area (Å²) in [5.74, 6) is 1.36. The van der Waals surface area contributed by atoms with Gasteiger partial charge in [0.2, 0.25) is 5.89 Å². The first-order valence-corrected chi connectivity index (χ1v) is 8.99. The number of aromatic nitrogens is 1. The molecule has 0 radical (unpaired) electrons. The predicted molar refractivity (Wildman–Crippen MR) is 115 cm³/mol. The normalized spacial score (nSPS) is 16.8. The van der Waals surface area contributed by atoms with E-state index < -0.39 is 0 Å². The molecule has 0 saturated carbocycles. The molecule has 0 bridgehead atoms. The van der Waals surface area contributed by atoms with Gasteiger partial charge in [-0.25, -0.2) is 4.98 Å². The van der Waals surface area contributed by atoms with Crippen LogP contribution in [0.1, 0.15) is 18.5 Å². The van der Waals surface area contributed by atoms with E-state index in [1.807, 2.05) is 30.3 Å². The van der Waals surface area contributed by atoms with E-state index in [0.717, 1.165) is 56.4 Å². The zero-order valence-electron chi connectivity index (χ0n) is 15.5. The van der Waals surface area contributed by atoms with E-state index in [4.69, 9.17) is 13.9 Å². The van der Waals surface area contributed by atoms with Crippen molar-refractivity contribution >= 4 is 29.9 Å². The third-order valence-corrected chi connectivity index (χ3v) is 4.09. The molecule has 0 spiro atoms. The molecule has 7 nitrogen and oxygen atoms in total. The van der Waals surface area contributed by atoms with Crippen molar-refractivity contribution in [3.05, 3.63) is 42.3 Å². The number of guanidine groups is 1. The van der Waals surface area contributed by atoms with Crippen LogP contribution in [0.25, 0.3) is 11.5 Å². The summed E-state index contributed by atoms with van der Waals surface area (Å²) >= 11 is 0. The van der Waals surface area contributed by atoms with Crippen molar-refractivity contribution in [3.8, 4) is 11.5 Å². The number of nitrogens with zero attached hydrogens (tertiary/aromatic N) is 2. The lowest BCUT2D eigenvalue weighted by molar-refractivity contribution is 0.0420. The maximum absolute atomic E-state index is 5.74. The van der Waals surface area contributed by atoms with Crippen LogP contribution in [0.2, 0.25) is 0 Å². The SMILES string of the molecule is CN=C(NCCCOC1CCOC1)NCc1coc(-c2ccccc2)n1.I. The van der Waals surface area contributed by atoms with Crippen LogP contribution in [-0.2, 0) is 16.0 Å². The number of benzene rings is 1. The molecule has 1 aromatic heterocycles. The van der Waals surface area contributed by atoms with E-state index in [2.05, 4.69) is 20.6 Å². The number of oxazole rings is 1. The summed E-state index contributed by atoms with van der Waals surface area (Å²) in [7, 11) is 1.75. The summed E-state index contributed by atoms with van der Waals surface area (Å²) in [6.45, 7) is 3.60. The number of nitrogens with one attached hydrogen (secondary N) is 2. The summed E-state index contributed by atoms with van der Waals surface area (Å²) < 4.78 is 16.6. The van der Waals surface area contributed by atoms with E-state index >= 15 is 0 Å². The maximum Gasteiger partial charge on any atom is 0.226 e. The molecule has 1 unspecified atom stereocenters. The largest absolute Gasteiger partial charge is 0.444 e. The quantitative estimate of drug-likeness (QED) is 0.259. The number of rotatable bonds is 8. The van der Waals surface area contributed by atoms with Gasteiger partial charge in [-0.15, -0.1) is 24.0 Å². The monoisotopic (exact) mass is 486 g/mol. The number of hydrogen-bond acceptors (Lipinski definition) is 5. The molecule has 27 heavy (non-hydrogen) atoms. The Morgan fingerprint density at radius 3 is 2.89 bits per heavy atom. The lowest BCUT2D eigenvalue weighted by Crippen LogP contribution is -2.37. The van der Waals surface area contributed by atoms with Gasteiger partial charge >= 0.3 is 0 Å². The highest BCUT2D eigenvalue weighted by molar-refractivity contribution is 14.0. The van der Waals surface area contributed by atoms with Gasteiger partial charge in [-0.3, -0.25) is 4.99 Å². The topological polar surface area (TPSA) is 80.9 Å². The van der Waals surface area contributed by atoms with Crippen LogP contribution in [0.3, 0.4) is 0 Å². The van der Waals surface area contributed by atoms with Crippen LogP contribution >= 0.6 is 24.0 Å². The van der Waals surface area contributed by atoms with Crippen molar-refractivity contribution in [1.29, 1.82) is 0 Å². The van der Waals surface area contributed by atoms with Crippen molar-refractivity contribution < 1.29 is 13.9 Å². The van der Waals surface area contributed by atoms with Gasteiger partial charge in [0.1, 0.15) is 6.26 Å². The Balaban J connectivity index is 0.00000261. The Bertz CT molecular complexity index is 687. The third kappa shape index (κ3) is 7.11. The standard InChI is InChI=1S/C19H26N4O3.HI/c1-20-19(21-9-5-10-25-17-8-11-24-14-17)22-12-16-13-26-18(23-16)15-6-3-2-4-7-15;/h2-4,6-7,13,17H,5,8-12,14H2,1H3,(H2,20,21,22);1H. The van der Waals surface area contributed by atoms with Crippen LogP contribution in [0, 0.1) is 0 Å². The van der Waals surface area contributed by atoms with Crippen LogP contribution < -0.4 is 10.6 Å². The van der Waals surface area contributed by atoms with E-state index in [1.165, 1.54) is 0 Å². The Hall–Kier alpha value is -1.65. The molecule has 1 aliphatic heterocycles. The Morgan fingerprint density at radius 1 is 1.30 bits per heavy atom. The van der Waals surface area contributed by atoms with Crippen molar-refractivity contribution in [3.63, 3.8) is 0 Å². The molecular formula is C19H27IN4O3. The molecule has 2 aromatic rings. The van der Waals surface area contributed by atoms with Crippen LogP contribution in [-0.4, -0.2) is 50.5 Å². The molecule has 1 fully saturated rings. The molecule has 148 valence electrons. The zero-order valence-corrected chi connectivity index (χ0v) is 17.8. The minimum absolute atomic E-state index is 0. The zero-order chi connectivity index (χ0) is 18.0. The van der Waals surface area contributed by atoms with Crippen molar-refractivity contribution in [2.45, 2.75) is 25.5 Å². The molecular weight excluding hydrogens is 459 g/mol. The minimum Gasteiger partial charge on any atom is -0.444 e. The second kappa shape index (κ2) is 11.9. The summed E-state index contributed by atoms with van der Waals surface area (Å²) in [5.41, 5.74) is 1.80. The second-order valence-corrected chi connectivity index (χ2v) is 6.07. The maximum atomic E-state index is 5.74. The highest BCUT2D eigenvalue weighted by Gasteiger charge is 2.15. The number of ether oxygens (including phenoxy) is 2. The molecule has 1 saturated heterocycles.